The van der Waals surface area contributed by atoms with Crippen molar-refractivity contribution in [3.05, 3.63) is 73.5 Å². The molecule has 0 atom stereocenters. The van der Waals surface area contributed by atoms with Crippen molar-refractivity contribution in [1.29, 1.82) is 0 Å². The average molecular weight is 390 g/mol. The van der Waals surface area contributed by atoms with E-state index in [1.807, 2.05) is 37.3 Å². The normalized spacial score (nSPS) is 10.9. The summed E-state index contributed by atoms with van der Waals surface area (Å²) in [5, 5.41) is 0.420. The standard InChI is InChI=1S/C18H16BrNO4/c1-12-3-8-16-15(11-12)17(21)24-18(22)20(16)9-2-10-23-14-6-4-13(19)5-7-14/h3-8,11H,2,9-10H2,1H3. The van der Waals surface area contributed by atoms with E-state index in [1.54, 1.807) is 12.1 Å². The Morgan fingerprint density at radius 3 is 2.62 bits per heavy atom. The van der Waals surface area contributed by atoms with Gasteiger partial charge in [0, 0.05) is 11.0 Å². The summed E-state index contributed by atoms with van der Waals surface area (Å²) in [4.78, 5) is 23.8. The molecule has 0 unspecified atom stereocenters. The van der Waals surface area contributed by atoms with Crippen LogP contribution < -0.4 is 16.1 Å². The zero-order valence-electron chi connectivity index (χ0n) is 13.1. The van der Waals surface area contributed by atoms with Gasteiger partial charge < -0.3 is 9.15 Å². The third kappa shape index (κ3) is 3.59. The fourth-order valence-corrected chi connectivity index (χ4v) is 2.76. The van der Waals surface area contributed by atoms with Crippen molar-refractivity contribution < 1.29 is 9.15 Å². The molecule has 3 aromatic rings. The zero-order valence-corrected chi connectivity index (χ0v) is 14.7. The van der Waals surface area contributed by atoms with Gasteiger partial charge in [0.25, 0.3) is 0 Å². The molecule has 0 fully saturated rings. The topological polar surface area (TPSA) is 61.4 Å². The fourth-order valence-electron chi connectivity index (χ4n) is 2.49. The lowest BCUT2D eigenvalue weighted by Gasteiger charge is -2.10. The predicted octanol–water partition coefficient (Wildman–Crippen LogP) is 3.49. The van der Waals surface area contributed by atoms with Gasteiger partial charge in [-0.3, -0.25) is 4.57 Å². The van der Waals surface area contributed by atoms with Gasteiger partial charge >= 0.3 is 11.4 Å². The summed E-state index contributed by atoms with van der Waals surface area (Å²) in [6, 6.07) is 12.9. The summed E-state index contributed by atoms with van der Waals surface area (Å²) in [6.07, 6.45) is 0.618. The van der Waals surface area contributed by atoms with Gasteiger partial charge in [0.1, 0.15) is 5.75 Å². The molecular formula is C18H16BrNO4. The molecule has 0 aliphatic heterocycles. The Hall–Kier alpha value is -2.34. The number of hydrogen-bond donors (Lipinski definition) is 0. The minimum absolute atomic E-state index is 0.415. The number of ether oxygens (including phenoxy) is 1. The van der Waals surface area contributed by atoms with Gasteiger partial charge in [0.2, 0.25) is 0 Å². The maximum Gasteiger partial charge on any atom is 0.422 e. The molecule has 5 nitrogen and oxygen atoms in total. The molecule has 0 saturated carbocycles. The highest BCUT2D eigenvalue weighted by molar-refractivity contribution is 9.10. The van der Waals surface area contributed by atoms with Gasteiger partial charge in [0.05, 0.1) is 17.5 Å². The van der Waals surface area contributed by atoms with Crippen molar-refractivity contribution in [2.24, 2.45) is 0 Å². The summed E-state index contributed by atoms with van der Waals surface area (Å²) < 4.78 is 12.9. The SMILES string of the molecule is Cc1ccc2c(c1)c(=O)oc(=O)n2CCCOc1ccc(Br)cc1. The molecule has 6 heteroatoms. The maximum absolute atomic E-state index is 12.0. The van der Waals surface area contributed by atoms with Crippen molar-refractivity contribution in [2.75, 3.05) is 6.61 Å². The summed E-state index contributed by atoms with van der Waals surface area (Å²) >= 11 is 3.37. The van der Waals surface area contributed by atoms with E-state index < -0.39 is 11.4 Å². The highest BCUT2D eigenvalue weighted by Gasteiger charge is 2.09. The zero-order chi connectivity index (χ0) is 17.1. The van der Waals surface area contributed by atoms with Crippen LogP contribution in [0.3, 0.4) is 0 Å². The summed E-state index contributed by atoms with van der Waals surface area (Å²) in [5.74, 6) is 0.130. The molecular weight excluding hydrogens is 374 g/mol. The second kappa shape index (κ2) is 7.05. The number of aromatic nitrogens is 1. The molecule has 0 aliphatic carbocycles. The maximum atomic E-state index is 12.0. The largest absolute Gasteiger partial charge is 0.494 e. The number of hydrogen-bond acceptors (Lipinski definition) is 4. The summed E-state index contributed by atoms with van der Waals surface area (Å²) in [6.45, 7) is 2.76. The van der Waals surface area contributed by atoms with E-state index >= 15 is 0 Å². The molecule has 0 amide bonds. The van der Waals surface area contributed by atoms with Crippen LogP contribution in [-0.4, -0.2) is 11.2 Å². The van der Waals surface area contributed by atoms with E-state index in [9.17, 15) is 9.59 Å². The number of halogens is 1. The van der Waals surface area contributed by atoms with E-state index in [-0.39, 0.29) is 0 Å². The molecule has 24 heavy (non-hydrogen) atoms. The lowest BCUT2D eigenvalue weighted by atomic mass is 10.2. The van der Waals surface area contributed by atoms with Gasteiger partial charge in [-0.2, -0.15) is 0 Å². The van der Waals surface area contributed by atoms with Gasteiger partial charge in [-0.25, -0.2) is 9.59 Å². The molecule has 1 heterocycles. The minimum Gasteiger partial charge on any atom is -0.494 e. The van der Waals surface area contributed by atoms with Crippen LogP contribution in [0.15, 0.2) is 60.9 Å². The van der Waals surface area contributed by atoms with Gasteiger partial charge in [-0.1, -0.05) is 27.6 Å². The van der Waals surface area contributed by atoms with Crippen LogP contribution in [0.1, 0.15) is 12.0 Å². The van der Waals surface area contributed by atoms with E-state index in [2.05, 4.69) is 15.9 Å². The smallest absolute Gasteiger partial charge is 0.422 e. The first kappa shape index (κ1) is 16.5. The number of aryl methyl sites for hydroxylation is 2. The van der Waals surface area contributed by atoms with Crippen LogP contribution in [0.25, 0.3) is 10.9 Å². The van der Waals surface area contributed by atoms with Crippen LogP contribution in [0.5, 0.6) is 5.75 Å². The molecule has 1 aromatic heterocycles. The van der Waals surface area contributed by atoms with Gasteiger partial charge in [-0.15, -0.1) is 0 Å². The molecule has 0 saturated heterocycles. The predicted molar refractivity (Wildman–Crippen MR) is 95.7 cm³/mol. The highest BCUT2D eigenvalue weighted by Crippen LogP contribution is 2.16. The summed E-state index contributed by atoms with van der Waals surface area (Å²) in [7, 11) is 0. The number of fused-ring (bicyclic) bond motifs is 1. The van der Waals surface area contributed by atoms with Gasteiger partial charge in [-0.05, 0) is 49.7 Å². The molecule has 3 rings (SSSR count). The first-order valence-electron chi connectivity index (χ1n) is 7.57. The molecule has 124 valence electrons. The Bertz CT molecular complexity index is 973. The minimum atomic E-state index is -0.639. The van der Waals surface area contributed by atoms with Crippen LogP contribution in [0.4, 0.5) is 0 Å². The molecule has 0 aliphatic rings. The third-order valence-electron chi connectivity index (χ3n) is 3.67. The third-order valence-corrected chi connectivity index (χ3v) is 4.20. The highest BCUT2D eigenvalue weighted by atomic mass is 79.9. The summed E-state index contributed by atoms with van der Waals surface area (Å²) in [5.41, 5.74) is 0.935. The first-order chi connectivity index (χ1) is 11.5. The molecule has 0 spiro atoms. The van der Waals surface area contributed by atoms with E-state index in [0.717, 1.165) is 15.8 Å². The quantitative estimate of drug-likeness (QED) is 0.626. The van der Waals surface area contributed by atoms with Crippen molar-refractivity contribution in [3.63, 3.8) is 0 Å². The Balaban J connectivity index is 1.74. The Labute approximate surface area is 146 Å². The van der Waals surface area contributed by atoms with Crippen LogP contribution in [0, 0.1) is 6.92 Å². The van der Waals surface area contributed by atoms with Crippen molar-refractivity contribution in [2.45, 2.75) is 19.9 Å². The Morgan fingerprint density at radius 1 is 1.12 bits per heavy atom. The lowest BCUT2D eigenvalue weighted by Crippen LogP contribution is -2.25. The van der Waals surface area contributed by atoms with Crippen LogP contribution in [-0.2, 0) is 6.54 Å². The van der Waals surface area contributed by atoms with Crippen molar-refractivity contribution in [3.8, 4) is 5.75 Å². The van der Waals surface area contributed by atoms with E-state index in [1.165, 1.54) is 4.57 Å². The molecule has 2 aromatic carbocycles. The fraction of sp³-hybridized carbons (Fsp3) is 0.222. The van der Waals surface area contributed by atoms with Crippen molar-refractivity contribution in [1.82, 2.24) is 4.57 Å². The van der Waals surface area contributed by atoms with E-state index in [4.69, 9.17) is 9.15 Å². The second-order valence-corrected chi connectivity index (χ2v) is 6.40. The lowest BCUT2D eigenvalue weighted by molar-refractivity contribution is 0.296. The number of benzene rings is 2. The molecule has 0 radical (unpaired) electrons. The first-order valence-corrected chi connectivity index (χ1v) is 8.36. The van der Waals surface area contributed by atoms with Crippen LogP contribution >= 0.6 is 15.9 Å². The Morgan fingerprint density at radius 2 is 1.88 bits per heavy atom. The molecule has 0 N–H and O–H groups in total. The van der Waals surface area contributed by atoms with E-state index in [0.29, 0.717) is 30.5 Å². The number of rotatable bonds is 5. The molecule has 0 bridgehead atoms. The second-order valence-electron chi connectivity index (χ2n) is 5.48. The Kier molecular flexibility index (Phi) is 4.85. The van der Waals surface area contributed by atoms with Crippen molar-refractivity contribution >= 4 is 26.8 Å². The van der Waals surface area contributed by atoms with Gasteiger partial charge in [0.15, 0.2) is 0 Å². The monoisotopic (exact) mass is 389 g/mol. The number of nitrogens with zero attached hydrogens (tertiary/aromatic N) is 1. The van der Waals surface area contributed by atoms with Crippen LogP contribution in [0.2, 0.25) is 0 Å². The average Bonchev–Trinajstić information content (AvgIpc) is 2.56.